The van der Waals surface area contributed by atoms with Crippen LogP contribution in [0, 0.1) is 26.6 Å². The monoisotopic (exact) mass is 257 g/mol. The minimum absolute atomic E-state index is 0.299. The molecule has 0 saturated carbocycles. The lowest BCUT2D eigenvalue weighted by molar-refractivity contribution is 0.102. The number of carbonyl (C=O) groups is 1. The Kier molecular flexibility index (Phi) is 3.65. The Morgan fingerprint density at radius 2 is 1.68 bits per heavy atom. The number of hydrogen-bond acceptors (Lipinski definition) is 1. The van der Waals surface area contributed by atoms with Gasteiger partial charge in [0, 0.05) is 11.3 Å². The smallest absolute Gasteiger partial charge is 0.255 e. The van der Waals surface area contributed by atoms with Crippen LogP contribution in [-0.4, -0.2) is 5.91 Å². The van der Waals surface area contributed by atoms with Crippen molar-refractivity contribution in [1.82, 2.24) is 0 Å². The second kappa shape index (κ2) is 5.22. The molecule has 0 fully saturated rings. The third-order valence-corrected chi connectivity index (χ3v) is 3.08. The van der Waals surface area contributed by atoms with Gasteiger partial charge < -0.3 is 5.32 Å². The summed E-state index contributed by atoms with van der Waals surface area (Å²) in [5.74, 6) is -0.666. The molecule has 0 aliphatic rings. The van der Waals surface area contributed by atoms with Gasteiger partial charge >= 0.3 is 0 Å². The number of hydrogen-bond donors (Lipinski definition) is 1. The number of halogens is 1. The van der Waals surface area contributed by atoms with E-state index in [1.165, 1.54) is 6.07 Å². The minimum Gasteiger partial charge on any atom is -0.322 e. The van der Waals surface area contributed by atoms with Gasteiger partial charge in [0.15, 0.2) is 0 Å². The Morgan fingerprint density at radius 1 is 1.00 bits per heavy atom. The van der Waals surface area contributed by atoms with Crippen molar-refractivity contribution in [1.29, 1.82) is 0 Å². The van der Waals surface area contributed by atoms with Crippen LogP contribution in [0.4, 0.5) is 10.1 Å². The number of anilines is 1. The van der Waals surface area contributed by atoms with Crippen molar-refractivity contribution < 1.29 is 9.18 Å². The molecule has 0 heterocycles. The number of rotatable bonds is 2. The average Bonchev–Trinajstić information content (AvgIpc) is 2.37. The third kappa shape index (κ3) is 2.99. The van der Waals surface area contributed by atoms with Gasteiger partial charge in [-0.1, -0.05) is 18.2 Å². The Hall–Kier alpha value is -2.16. The van der Waals surface area contributed by atoms with Crippen molar-refractivity contribution >= 4 is 11.6 Å². The number of nitrogens with one attached hydrogen (secondary N) is 1. The molecule has 1 amide bonds. The normalized spacial score (nSPS) is 10.3. The summed E-state index contributed by atoms with van der Waals surface area (Å²) in [4.78, 5) is 12.1. The molecule has 0 bridgehead atoms. The molecule has 0 spiro atoms. The molecule has 98 valence electrons. The standard InChI is InChI=1S/C16H16FNO/c1-10-4-5-12(3)15(8-10)18-16(19)13-7-6-11(2)14(17)9-13/h4-9H,1-3H3,(H,18,19). The molecular formula is C16H16FNO. The Labute approximate surface area is 112 Å². The van der Waals surface area contributed by atoms with Gasteiger partial charge in [-0.2, -0.15) is 0 Å². The summed E-state index contributed by atoms with van der Waals surface area (Å²) in [5.41, 5.74) is 3.65. The highest BCUT2D eigenvalue weighted by Crippen LogP contribution is 2.18. The molecule has 19 heavy (non-hydrogen) atoms. The highest BCUT2D eigenvalue weighted by atomic mass is 19.1. The average molecular weight is 257 g/mol. The zero-order valence-electron chi connectivity index (χ0n) is 11.3. The van der Waals surface area contributed by atoms with Crippen molar-refractivity contribution in [3.05, 3.63) is 64.5 Å². The molecule has 2 nitrogen and oxygen atoms in total. The first kappa shape index (κ1) is 13.3. The predicted octanol–water partition coefficient (Wildman–Crippen LogP) is 4.00. The second-order valence-electron chi connectivity index (χ2n) is 4.74. The third-order valence-electron chi connectivity index (χ3n) is 3.08. The fourth-order valence-electron chi connectivity index (χ4n) is 1.80. The van der Waals surface area contributed by atoms with Gasteiger partial charge in [-0.15, -0.1) is 0 Å². The molecule has 0 aliphatic heterocycles. The van der Waals surface area contributed by atoms with Gasteiger partial charge in [-0.05, 0) is 55.7 Å². The van der Waals surface area contributed by atoms with Crippen LogP contribution < -0.4 is 5.32 Å². The molecule has 2 rings (SSSR count). The van der Waals surface area contributed by atoms with Crippen LogP contribution in [0.1, 0.15) is 27.0 Å². The van der Waals surface area contributed by atoms with Gasteiger partial charge in [-0.3, -0.25) is 4.79 Å². The van der Waals surface area contributed by atoms with Crippen LogP contribution >= 0.6 is 0 Å². The molecule has 0 aromatic heterocycles. The van der Waals surface area contributed by atoms with E-state index in [4.69, 9.17) is 0 Å². The van der Waals surface area contributed by atoms with E-state index >= 15 is 0 Å². The second-order valence-corrected chi connectivity index (χ2v) is 4.74. The molecule has 2 aromatic rings. The molecule has 0 radical (unpaired) electrons. The number of aryl methyl sites for hydroxylation is 3. The van der Waals surface area contributed by atoms with E-state index in [1.54, 1.807) is 19.1 Å². The maximum Gasteiger partial charge on any atom is 0.255 e. The predicted molar refractivity (Wildman–Crippen MR) is 75.0 cm³/mol. The lowest BCUT2D eigenvalue weighted by Crippen LogP contribution is -2.13. The molecule has 0 atom stereocenters. The highest BCUT2D eigenvalue weighted by Gasteiger charge is 2.09. The fraction of sp³-hybridized carbons (Fsp3) is 0.188. The van der Waals surface area contributed by atoms with Gasteiger partial charge in [0.1, 0.15) is 5.82 Å². The van der Waals surface area contributed by atoms with Gasteiger partial charge in [0.05, 0.1) is 0 Å². The Morgan fingerprint density at radius 3 is 2.37 bits per heavy atom. The van der Waals surface area contributed by atoms with Gasteiger partial charge in [0.2, 0.25) is 0 Å². The summed E-state index contributed by atoms with van der Waals surface area (Å²) >= 11 is 0. The van der Waals surface area contributed by atoms with Crippen molar-refractivity contribution in [3.63, 3.8) is 0 Å². The van der Waals surface area contributed by atoms with Crippen LogP contribution in [0.15, 0.2) is 36.4 Å². The van der Waals surface area contributed by atoms with Crippen LogP contribution in [0.5, 0.6) is 0 Å². The quantitative estimate of drug-likeness (QED) is 0.865. The zero-order valence-corrected chi connectivity index (χ0v) is 11.3. The van der Waals surface area contributed by atoms with Crippen LogP contribution in [0.3, 0.4) is 0 Å². The summed E-state index contributed by atoms with van der Waals surface area (Å²) in [6.45, 7) is 5.55. The molecule has 0 saturated heterocycles. The Bertz CT molecular complexity index is 635. The number of amides is 1. The van der Waals surface area contributed by atoms with Crippen molar-refractivity contribution in [3.8, 4) is 0 Å². The summed E-state index contributed by atoms with van der Waals surface area (Å²) in [6.07, 6.45) is 0. The maximum atomic E-state index is 13.4. The van der Waals surface area contributed by atoms with Crippen molar-refractivity contribution in [2.75, 3.05) is 5.32 Å². The first-order valence-corrected chi connectivity index (χ1v) is 6.12. The maximum absolute atomic E-state index is 13.4. The topological polar surface area (TPSA) is 29.1 Å². The van der Waals surface area contributed by atoms with Crippen molar-refractivity contribution in [2.45, 2.75) is 20.8 Å². The molecular weight excluding hydrogens is 241 g/mol. The molecule has 1 N–H and O–H groups in total. The lowest BCUT2D eigenvalue weighted by atomic mass is 10.1. The number of carbonyl (C=O) groups excluding carboxylic acids is 1. The van der Waals surface area contributed by atoms with E-state index < -0.39 is 0 Å². The van der Waals surface area contributed by atoms with Gasteiger partial charge in [-0.25, -0.2) is 4.39 Å². The number of benzene rings is 2. The SMILES string of the molecule is Cc1ccc(C)c(NC(=O)c2ccc(C)c(F)c2)c1. The molecule has 0 aliphatic carbocycles. The fourth-order valence-corrected chi connectivity index (χ4v) is 1.80. The van der Waals surface area contributed by atoms with Crippen LogP contribution in [0.25, 0.3) is 0 Å². The van der Waals surface area contributed by atoms with Crippen LogP contribution in [0.2, 0.25) is 0 Å². The summed E-state index contributed by atoms with van der Waals surface area (Å²) in [7, 11) is 0. The summed E-state index contributed by atoms with van der Waals surface area (Å²) in [6, 6.07) is 10.3. The van der Waals surface area contributed by atoms with Crippen LogP contribution in [-0.2, 0) is 0 Å². The lowest BCUT2D eigenvalue weighted by Gasteiger charge is -2.09. The highest BCUT2D eigenvalue weighted by molar-refractivity contribution is 6.04. The van der Waals surface area contributed by atoms with E-state index in [1.807, 2.05) is 32.0 Å². The van der Waals surface area contributed by atoms with Crippen molar-refractivity contribution in [2.24, 2.45) is 0 Å². The minimum atomic E-state index is -0.367. The van der Waals surface area contributed by atoms with E-state index in [0.717, 1.165) is 16.8 Å². The zero-order chi connectivity index (χ0) is 14.0. The van der Waals surface area contributed by atoms with E-state index in [2.05, 4.69) is 5.32 Å². The van der Waals surface area contributed by atoms with Gasteiger partial charge in [0.25, 0.3) is 5.91 Å². The molecule has 3 heteroatoms. The summed E-state index contributed by atoms with van der Waals surface area (Å²) < 4.78 is 13.4. The molecule has 2 aromatic carbocycles. The largest absolute Gasteiger partial charge is 0.322 e. The molecule has 0 unspecified atom stereocenters. The first-order valence-electron chi connectivity index (χ1n) is 6.12. The van der Waals surface area contributed by atoms with E-state index in [-0.39, 0.29) is 11.7 Å². The summed E-state index contributed by atoms with van der Waals surface area (Å²) in [5, 5.41) is 2.81. The van der Waals surface area contributed by atoms with E-state index in [9.17, 15) is 9.18 Å². The van der Waals surface area contributed by atoms with E-state index in [0.29, 0.717) is 11.1 Å². The Balaban J connectivity index is 2.25. The first-order chi connectivity index (χ1) is 8.97.